The summed E-state index contributed by atoms with van der Waals surface area (Å²) in [4.78, 5) is 32.7. The maximum absolute atomic E-state index is 12.2. The number of carboxylic acid groups (broad SMARTS) is 1. The molecule has 21 heavy (non-hydrogen) atoms. The van der Waals surface area contributed by atoms with Gasteiger partial charge in [0.2, 0.25) is 0 Å². The highest BCUT2D eigenvalue weighted by Gasteiger charge is 2.22. The van der Waals surface area contributed by atoms with Crippen molar-refractivity contribution < 1.29 is 14.7 Å². The first kappa shape index (κ1) is 15.6. The van der Waals surface area contributed by atoms with E-state index in [1.54, 1.807) is 5.51 Å². The van der Waals surface area contributed by atoms with Crippen LogP contribution < -0.4 is 5.32 Å². The summed E-state index contributed by atoms with van der Waals surface area (Å²) in [7, 11) is 0. The molecule has 0 aliphatic rings. The molecule has 0 aliphatic heterocycles. The number of carbonyl (C=O) groups excluding carboxylic acids is 1. The predicted octanol–water partition coefficient (Wildman–Crippen LogP) is 3.24. The zero-order valence-corrected chi connectivity index (χ0v) is 13.5. The highest BCUT2D eigenvalue weighted by Crippen LogP contribution is 2.30. The molecule has 0 aromatic carbocycles. The van der Waals surface area contributed by atoms with Crippen LogP contribution in [-0.4, -0.2) is 27.0 Å². The lowest BCUT2D eigenvalue weighted by atomic mass is 10.1. The molecule has 2 aromatic heterocycles. The molecule has 0 saturated heterocycles. The fourth-order valence-electron chi connectivity index (χ4n) is 1.79. The van der Waals surface area contributed by atoms with Crippen LogP contribution in [0.3, 0.4) is 0 Å². The summed E-state index contributed by atoms with van der Waals surface area (Å²) in [5.41, 5.74) is 2.36. The van der Waals surface area contributed by atoms with Crippen molar-refractivity contribution in [3.63, 3.8) is 0 Å². The molecule has 0 saturated carbocycles. The molecule has 2 heterocycles. The molecule has 0 radical (unpaired) electrons. The van der Waals surface area contributed by atoms with E-state index in [9.17, 15) is 9.59 Å². The van der Waals surface area contributed by atoms with Crippen LogP contribution in [-0.2, 0) is 6.42 Å². The fraction of sp³-hybridized carbons (Fsp3) is 0.385. The zero-order valence-electron chi connectivity index (χ0n) is 11.8. The van der Waals surface area contributed by atoms with Crippen molar-refractivity contribution in [1.82, 2.24) is 9.97 Å². The van der Waals surface area contributed by atoms with E-state index in [0.717, 1.165) is 5.69 Å². The van der Waals surface area contributed by atoms with E-state index >= 15 is 0 Å². The van der Waals surface area contributed by atoms with E-state index in [0.29, 0.717) is 21.3 Å². The monoisotopic (exact) mass is 325 g/mol. The first-order valence-corrected chi connectivity index (χ1v) is 8.11. The topological polar surface area (TPSA) is 92.2 Å². The Labute approximate surface area is 129 Å². The Morgan fingerprint density at radius 2 is 2.14 bits per heavy atom. The van der Waals surface area contributed by atoms with Crippen LogP contribution in [0.2, 0.25) is 0 Å². The minimum Gasteiger partial charge on any atom is -0.476 e. The lowest BCUT2D eigenvalue weighted by Crippen LogP contribution is -2.12. The van der Waals surface area contributed by atoms with E-state index < -0.39 is 5.97 Å². The van der Waals surface area contributed by atoms with Gasteiger partial charge in [-0.05, 0) is 12.3 Å². The molecule has 0 spiro atoms. The van der Waals surface area contributed by atoms with E-state index in [1.165, 1.54) is 22.7 Å². The van der Waals surface area contributed by atoms with Crippen LogP contribution in [0, 0.1) is 0 Å². The predicted molar refractivity (Wildman–Crippen MR) is 82.6 cm³/mol. The summed E-state index contributed by atoms with van der Waals surface area (Å²) in [5.74, 6) is -1.34. The smallest absolute Gasteiger partial charge is 0.355 e. The molecule has 1 amide bonds. The van der Waals surface area contributed by atoms with Crippen molar-refractivity contribution in [2.75, 3.05) is 5.32 Å². The lowest BCUT2D eigenvalue weighted by Gasteiger charge is -2.01. The van der Waals surface area contributed by atoms with Crippen LogP contribution in [0.4, 0.5) is 5.13 Å². The summed E-state index contributed by atoms with van der Waals surface area (Å²) >= 11 is 2.46. The highest BCUT2D eigenvalue weighted by molar-refractivity contribution is 7.16. The van der Waals surface area contributed by atoms with Crippen molar-refractivity contribution in [2.24, 2.45) is 0 Å². The molecule has 0 fully saturated rings. The summed E-state index contributed by atoms with van der Waals surface area (Å²) in [6.07, 6.45) is 0.668. The number of hydrogen-bond donors (Lipinski definition) is 2. The number of thiazole rings is 2. The first-order chi connectivity index (χ1) is 9.93. The van der Waals surface area contributed by atoms with E-state index in [-0.39, 0.29) is 17.5 Å². The molecule has 0 bridgehead atoms. The zero-order chi connectivity index (χ0) is 15.6. The van der Waals surface area contributed by atoms with Gasteiger partial charge in [-0.1, -0.05) is 20.8 Å². The number of amides is 1. The van der Waals surface area contributed by atoms with Crippen LogP contribution in [0.15, 0.2) is 5.51 Å². The van der Waals surface area contributed by atoms with Gasteiger partial charge in [0.25, 0.3) is 5.91 Å². The number of rotatable bonds is 5. The summed E-state index contributed by atoms with van der Waals surface area (Å²) in [5, 5.41) is 12.1. The number of aryl methyl sites for hydroxylation is 1. The van der Waals surface area contributed by atoms with Gasteiger partial charge >= 0.3 is 5.97 Å². The molecule has 6 nitrogen and oxygen atoms in total. The van der Waals surface area contributed by atoms with Gasteiger partial charge in [0.05, 0.1) is 11.2 Å². The third-order valence-corrected chi connectivity index (χ3v) is 4.92. The molecule has 0 atom stereocenters. The van der Waals surface area contributed by atoms with Gasteiger partial charge in [0.1, 0.15) is 4.88 Å². The molecule has 0 aliphatic carbocycles. The minimum atomic E-state index is -1.08. The Balaban J connectivity index is 2.26. The largest absolute Gasteiger partial charge is 0.476 e. The normalized spacial score (nSPS) is 10.9. The van der Waals surface area contributed by atoms with E-state index in [1.807, 2.05) is 20.8 Å². The van der Waals surface area contributed by atoms with E-state index in [2.05, 4.69) is 15.3 Å². The summed E-state index contributed by atoms with van der Waals surface area (Å²) < 4.78 is 0. The van der Waals surface area contributed by atoms with Crippen molar-refractivity contribution in [3.8, 4) is 0 Å². The molecular weight excluding hydrogens is 310 g/mol. The average molecular weight is 325 g/mol. The second kappa shape index (κ2) is 6.31. The van der Waals surface area contributed by atoms with Crippen molar-refractivity contribution in [2.45, 2.75) is 33.1 Å². The Hall–Kier alpha value is -1.80. The number of carbonyl (C=O) groups is 2. The number of aromatic nitrogens is 2. The summed E-state index contributed by atoms with van der Waals surface area (Å²) in [6.45, 7) is 5.71. The number of hydrogen-bond acceptors (Lipinski definition) is 6. The van der Waals surface area contributed by atoms with Crippen molar-refractivity contribution in [3.05, 3.63) is 26.7 Å². The van der Waals surface area contributed by atoms with Crippen LogP contribution in [0.5, 0.6) is 0 Å². The number of nitrogens with zero attached hydrogens (tertiary/aromatic N) is 2. The SMILES string of the molecule is CCc1ncsc1C(=O)Nc1nc(C(=O)O)c(C(C)C)s1. The van der Waals surface area contributed by atoms with Gasteiger partial charge < -0.3 is 5.11 Å². The van der Waals surface area contributed by atoms with Gasteiger partial charge in [-0.3, -0.25) is 10.1 Å². The second-order valence-corrected chi connectivity index (χ2v) is 6.51. The number of carboxylic acids is 1. The molecule has 112 valence electrons. The van der Waals surface area contributed by atoms with Crippen LogP contribution >= 0.6 is 22.7 Å². The highest BCUT2D eigenvalue weighted by atomic mass is 32.1. The molecule has 2 aromatic rings. The minimum absolute atomic E-state index is 0.00493. The van der Waals surface area contributed by atoms with Gasteiger partial charge in [-0.25, -0.2) is 14.8 Å². The second-order valence-electron chi connectivity index (χ2n) is 4.63. The standard InChI is InChI=1S/C13H15N3O3S2/c1-4-7-10(20-5-14-7)11(17)16-13-15-8(12(18)19)9(21-13)6(2)3/h5-6H,4H2,1-3H3,(H,18,19)(H,15,16,17). The van der Waals surface area contributed by atoms with E-state index in [4.69, 9.17) is 5.11 Å². The molecule has 0 unspecified atom stereocenters. The first-order valence-electron chi connectivity index (χ1n) is 6.41. The van der Waals surface area contributed by atoms with Crippen LogP contribution in [0.1, 0.15) is 57.4 Å². The number of anilines is 1. The van der Waals surface area contributed by atoms with Crippen molar-refractivity contribution in [1.29, 1.82) is 0 Å². The van der Waals surface area contributed by atoms with Gasteiger partial charge in [-0.15, -0.1) is 22.7 Å². The molecule has 2 N–H and O–H groups in total. The quantitative estimate of drug-likeness (QED) is 0.880. The van der Waals surface area contributed by atoms with Crippen LogP contribution in [0.25, 0.3) is 0 Å². The third kappa shape index (κ3) is 3.27. The maximum Gasteiger partial charge on any atom is 0.355 e. The Bertz CT molecular complexity index is 676. The fourth-order valence-corrected chi connectivity index (χ4v) is 3.52. The summed E-state index contributed by atoms with van der Waals surface area (Å²) in [6, 6.07) is 0. The van der Waals surface area contributed by atoms with Gasteiger partial charge in [0, 0.05) is 4.88 Å². The van der Waals surface area contributed by atoms with Gasteiger partial charge in [0.15, 0.2) is 10.8 Å². The van der Waals surface area contributed by atoms with Gasteiger partial charge in [-0.2, -0.15) is 0 Å². The Morgan fingerprint density at radius 3 is 2.67 bits per heavy atom. The molecule has 2 rings (SSSR count). The third-order valence-electron chi connectivity index (χ3n) is 2.78. The number of nitrogens with one attached hydrogen (secondary N) is 1. The molecule has 8 heteroatoms. The molecular formula is C13H15N3O3S2. The Morgan fingerprint density at radius 1 is 1.43 bits per heavy atom. The average Bonchev–Trinajstić information content (AvgIpc) is 3.04. The maximum atomic E-state index is 12.2. The lowest BCUT2D eigenvalue weighted by molar-refractivity contribution is 0.0689. The Kier molecular flexibility index (Phi) is 4.69. The van der Waals surface area contributed by atoms with Crippen molar-refractivity contribution >= 4 is 39.7 Å². The number of aromatic carboxylic acids is 1.